The molecule has 1 atom stereocenters. The topological polar surface area (TPSA) is 89.4 Å². The van der Waals surface area contributed by atoms with Gasteiger partial charge in [0.2, 0.25) is 11.8 Å². The molecule has 0 saturated carbocycles. The van der Waals surface area contributed by atoms with Gasteiger partial charge in [0.05, 0.1) is 12.1 Å². The minimum Gasteiger partial charge on any atom is -0.383 e. The maximum Gasteiger partial charge on any atom is 0.249 e. The molecule has 0 unspecified atom stereocenters. The number of aromatic nitrogens is 3. The van der Waals surface area contributed by atoms with Crippen LogP contribution in [0.15, 0.2) is 72.8 Å². The molecule has 0 aliphatic carbocycles. The Morgan fingerprint density at radius 1 is 1.06 bits per heavy atom. The largest absolute Gasteiger partial charge is 0.383 e. The molecule has 0 bridgehead atoms. The molecule has 0 radical (unpaired) electrons. The number of anilines is 1. The van der Waals surface area contributed by atoms with Gasteiger partial charge in [-0.2, -0.15) is 0 Å². The number of para-hydroxylation sites is 1. The number of benzene rings is 3. The maximum atomic E-state index is 14.9. The molecule has 1 N–H and O–H groups in total. The number of nitrogens with zero attached hydrogens (tertiary/aromatic N) is 4. The van der Waals surface area contributed by atoms with E-state index in [1.165, 1.54) is 48.2 Å². The Morgan fingerprint density at radius 2 is 1.83 bits per heavy atom. The number of carbonyl (C=O) groups excluding carboxylic acids is 2. The van der Waals surface area contributed by atoms with Gasteiger partial charge in [-0.15, -0.1) is 5.10 Å². The van der Waals surface area contributed by atoms with Crippen molar-refractivity contribution in [3.63, 3.8) is 0 Å². The van der Waals surface area contributed by atoms with Crippen molar-refractivity contribution >= 4 is 28.5 Å². The summed E-state index contributed by atoms with van der Waals surface area (Å²) in [5.74, 6) is -2.55. The van der Waals surface area contributed by atoms with Crippen LogP contribution in [0, 0.1) is 11.6 Å². The van der Waals surface area contributed by atoms with Gasteiger partial charge in [-0.25, -0.2) is 13.5 Å². The fourth-order valence-corrected chi connectivity index (χ4v) is 3.77. The quantitative estimate of drug-likeness (QED) is 0.373. The summed E-state index contributed by atoms with van der Waals surface area (Å²) in [6.07, 6.45) is 0. The minimum atomic E-state index is -1.42. The normalized spacial score (nSPS) is 11.9. The summed E-state index contributed by atoms with van der Waals surface area (Å²) in [4.78, 5) is 28.1. The van der Waals surface area contributed by atoms with Crippen LogP contribution in [0.5, 0.6) is 0 Å². The van der Waals surface area contributed by atoms with Gasteiger partial charge in [0.25, 0.3) is 0 Å². The lowest BCUT2D eigenvalue weighted by Gasteiger charge is -2.31. The van der Waals surface area contributed by atoms with Crippen molar-refractivity contribution in [2.75, 3.05) is 25.2 Å². The van der Waals surface area contributed by atoms with Crippen molar-refractivity contribution in [2.45, 2.75) is 12.6 Å². The summed E-state index contributed by atoms with van der Waals surface area (Å²) in [5.41, 5.74) is 1.24. The van der Waals surface area contributed by atoms with Crippen molar-refractivity contribution in [1.82, 2.24) is 20.3 Å². The highest BCUT2D eigenvalue weighted by Crippen LogP contribution is 2.30. The lowest BCUT2D eigenvalue weighted by atomic mass is 10.0. The van der Waals surface area contributed by atoms with E-state index in [9.17, 15) is 18.4 Å². The van der Waals surface area contributed by atoms with E-state index in [-0.39, 0.29) is 30.9 Å². The van der Waals surface area contributed by atoms with Crippen LogP contribution in [-0.2, 0) is 20.9 Å². The molecule has 1 aromatic heterocycles. The second kappa shape index (κ2) is 10.8. The van der Waals surface area contributed by atoms with Crippen LogP contribution in [0.25, 0.3) is 11.0 Å². The number of halogens is 2. The van der Waals surface area contributed by atoms with Crippen LogP contribution in [0.3, 0.4) is 0 Å². The highest BCUT2D eigenvalue weighted by molar-refractivity contribution is 6.01. The van der Waals surface area contributed by atoms with Crippen molar-refractivity contribution in [3.8, 4) is 0 Å². The zero-order chi connectivity index (χ0) is 24.8. The molecule has 4 rings (SSSR count). The Balaban J connectivity index is 1.79. The number of nitrogens with one attached hydrogen (secondary N) is 1. The molecule has 3 aromatic carbocycles. The first-order valence-electron chi connectivity index (χ1n) is 10.9. The number of fused-ring (bicyclic) bond motifs is 1. The molecule has 0 aliphatic heterocycles. The summed E-state index contributed by atoms with van der Waals surface area (Å²) in [5, 5.41) is 10.8. The van der Waals surface area contributed by atoms with Gasteiger partial charge in [-0.1, -0.05) is 41.6 Å². The summed E-state index contributed by atoms with van der Waals surface area (Å²) >= 11 is 0. The Labute approximate surface area is 200 Å². The second-order valence-corrected chi connectivity index (χ2v) is 7.69. The van der Waals surface area contributed by atoms with Gasteiger partial charge in [0.1, 0.15) is 29.7 Å². The molecule has 0 fully saturated rings. The van der Waals surface area contributed by atoms with E-state index in [4.69, 9.17) is 4.74 Å². The van der Waals surface area contributed by atoms with Crippen molar-refractivity contribution < 1.29 is 23.1 Å². The summed E-state index contributed by atoms with van der Waals surface area (Å²) < 4.78 is 35.5. The Hall–Kier alpha value is -4.18. The minimum absolute atomic E-state index is 0.0384. The summed E-state index contributed by atoms with van der Waals surface area (Å²) in [6, 6.07) is 16.5. The molecule has 35 heavy (non-hydrogen) atoms. The van der Waals surface area contributed by atoms with Gasteiger partial charge >= 0.3 is 0 Å². The molecular weight excluding hydrogens is 456 g/mol. The van der Waals surface area contributed by atoms with Crippen molar-refractivity contribution in [1.29, 1.82) is 0 Å². The highest BCUT2D eigenvalue weighted by atomic mass is 19.1. The molecule has 0 saturated heterocycles. The fraction of sp³-hybridized carbons (Fsp3) is 0.200. The lowest BCUT2D eigenvalue weighted by molar-refractivity contribution is -0.127. The van der Waals surface area contributed by atoms with E-state index in [2.05, 4.69) is 15.6 Å². The van der Waals surface area contributed by atoms with Crippen molar-refractivity contribution in [2.24, 2.45) is 0 Å². The number of amides is 2. The number of hydrogen-bond donors (Lipinski definition) is 1. The van der Waals surface area contributed by atoms with Crippen LogP contribution < -0.4 is 10.2 Å². The first-order chi connectivity index (χ1) is 17.0. The van der Waals surface area contributed by atoms with Crippen LogP contribution in [0.1, 0.15) is 11.6 Å². The number of hydrogen-bond acceptors (Lipinski definition) is 5. The molecule has 180 valence electrons. The second-order valence-electron chi connectivity index (χ2n) is 7.69. The Morgan fingerprint density at radius 3 is 2.60 bits per heavy atom. The van der Waals surface area contributed by atoms with Crippen molar-refractivity contribution in [3.05, 3.63) is 90.0 Å². The number of carbonyl (C=O) groups is 2. The van der Waals surface area contributed by atoms with Gasteiger partial charge in [0.15, 0.2) is 0 Å². The molecular formula is C25H23F2N5O3. The van der Waals surface area contributed by atoms with Crippen LogP contribution in [-0.4, -0.2) is 47.1 Å². The number of rotatable bonds is 9. The van der Waals surface area contributed by atoms with Gasteiger partial charge in [-0.3, -0.25) is 14.5 Å². The van der Waals surface area contributed by atoms with E-state index in [0.717, 1.165) is 11.0 Å². The number of ether oxygens (including phenoxy) is 1. The van der Waals surface area contributed by atoms with E-state index in [1.54, 1.807) is 30.3 Å². The monoisotopic (exact) mass is 479 g/mol. The molecule has 8 nitrogen and oxygen atoms in total. The maximum absolute atomic E-state index is 14.9. The zero-order valence-electron chi connectivity index (χ0n) is 18.9. The average molecular weight is 479 g/mol. The lowest BCUT2D eigenvalue weighted by Crippen LogP contribution is -2.46. The Kier molecular flexibility index (Phi) is 7.41. The third kappa shape index (κ3) is 5.33. The van der Waals surface area contributed by atoms with Gasteiger partial charge < -0.3 is 10.1 Å². The van der Waals surface area contributed by atoms with E-state index >= 15 is 0 Å². The van der Waals surface area contributed by atoms with E-state index < -0.39 is 29.5 Å². The average Bonchev–Trinajstić information content (AvgIpc) is 3.26. The molecule has 1 heterocycles. The van der Waals surface area contributed by atoms with Gasteiger partial charge in [-0.05, 0) is 36.4 Å². The molecule has 0 spiro atoms. The predicted octanol–water partition coefficient (Wildman–Crippen LogP) is 3.25. The third-order valence-electron chi connectivity index (χ3n) is 5.37. The summed E-state index contributed by atoms with van der Waals surface area (Å²) in [7, 11) is 1.48. The third-order valence-corrected chi connectivity index (χ3v) is 5.37. The molecule has 2 amide bonds. The highest BCUT2D eigenvalue weighted by Gasteiger charge is 2.35. The molecule has 10 heteroatoms. The molecule has 4 aromatic rings. The first kappa shape index (κ1) is 24.0. The van der Waals surface area contributed by atoms with Gasteiger partial charge in [0, 0.05) is 24.9 Å². The SMILES string of the molecule is COCCNC(=O)[C@H](c1ccccc1F)N(C(=O)Cn1nnc2ccccc21)c1cccc(F)c1. The van der Waals surface area contributed by atoms with Crippen LogP contribution in [0.2, 0.25) is 0 Å². The first-order valence-corrected chi connectivity index (χ1v) is 10.9. The predicted molar refractivity (Wildman–Crippen MR) is 125 cm³/mol. The molecule has 0 aliphatic rings. The van der Waals surface area contributed by atoms with E-state index in [1.807, 2.05) is 0 Å². The smallest absolute Gasteiger partial charge is 0.249 e. The van der Waals surface area contributed by atoms with Crippen LogP contribution >= 0.6 is 0 Å². The van der Waals surface area contributed by atoms with Crippen LogP contribution in [0.4, 0.5) is 14.5 Å². The standard InChI is InChI=1S/C25H23F2N5O3/c1-35-14-13-28-25(34)24(19-9-2-3-10-20(19)27)32(18-8-6-7-17(26)15-18)23(33)16-31-22-12-5-4-11-21(22)29-30-31/h2-12,15,24H,13-14,16H2,1H3,(H,28,34)/t24-/m0/s1. The number of methoxy groups -OCH3 is 1. The van der Waals surface area contributed by atoms with E-state index in [0.29, 0.717) is 11.0 Å². The summed E-state index contributed by atoms with van der Waals surface area (Å²) in [6.45, 7) is 0.0428. The fourth-order valence-electron chi connectivity index (χ4n) is 3.77. The zero-order valence-corrected chi connectivity index (χ0v) is 18.9. The Bertz CT molecular complexity index is 1340.